The summed E-state index contributed by atoms with van der Waals surface area (Å²) in [6.45, 7) is 4.43. The Bertz CT molecular complexity index is 508. The van der Waals surface area contributed by atoms with Crippen LogP contribution < -0.4 is 5.32 Å². The highest BCUT2D eigenvalue weighted by Gasteiger charge is 2.29. The van der Waals surface area contributed by atoms with Gasteiger partial charge in [0, 0.05) is 31.3 Å². The molecule has 2 heterocycles. The highest BCUT2D eigenvalue weighted by Crippen LogP contribution is 2.17. The summed E-state index contributed by atoms with van der Waals surface area (Å²) in [5.41, 5.74) is 2.56. The lowest BCUT2D eigenvalue weighted by atomic mass is 10.1. The summed E-state index contributed by atoms with van der Waals surface area (Å²) in [5, 5.41) is 3.30. The van der Waals surface area contributed by atoms with Crippen LogP contribution in [0.1, 0.15) is 24.0 Å². The number of nitrogens with one attached hydrogen (secondary N) is 1. The van der Waals surface area contributed by atoms with Gasteiger partial charge in [-0.2, -0.15) is 0 Å². The number of carbonyl (C=O) groups excluding carboxylic acids is 1. The lowest BCUT2D eigenvalue weighted by Gasteiger charge is -2.28. The molecule has 0 aliphatic carbocycles. The molecule has 1 N–H and O–H groups in total. The van der Waals surface area contributed by atoms with Crippen LogP contribution >= 0.6 is 11.8 Å². The zero-order valence-corrected chi connectivity index (χ0v) is 14.6. The number of hydrogen-bond acceptors (Lipinski definition) is 4. The van der Waals surface area contributed by atoms with Crippen LogP contribution in [0.5, 0.6) is 0 Å². The van der Waals surface area contributed by atoms with Crippen LogP contribution in [0.4, 0.5) is 0 Å². The molecule has 2 atom stereocenters. The first-order valence-corrected chi connectivity index (χ1v) is 9.65. The maximum Gasteiger partial charge on any atom is 0.240 e. The summed E-state index contributed by atoms with van der Waals surface area (Å²) >= 11 is 1.80. The first kappa shape index (κ1) is 16.8. The summed E-state index contributed by atoms with van der Waals surface area (Å²) in [4.78, 5) is 14.8. The Kier molecular flexibility index (Phi) is 5.97. The number of hydrogen-bond donors (Lipinski definition) is 1. The van der Waals surface area contributed by atoms with Gasteiger partial charge in [0.05, 0.1) is 12.1 Å². The van der Waals surface area contributed by atoms with Crippen molar-refractivity contribution in [1.82, 2.24) is 10.2 Å². The normalized spacial score (nSPS) is 24.0. The Morgan fingerprint density at radius 3 is 2.87 bits per heavy atom. The molecule has 1 amide bonds. The molecule has 2 fully saturated rings. The van der Waals surface area contributed by atoms with Crippen molar-refractivity contribution in [2.24, 2.45) is 0 Å². The second-order valence-electron chi connectivity index (χ2n) is 6.43. The lowest BCUT2D eigenvalue weighted by Crippen LogP contribution is -2.48. The van der Waals surface area contributed by atoms with Gasteiger partial charge in [0.1, 0.15) is 0 Å². The Hall–Kier alpha value is -1.04. The molecular weight excluding hydrogens is 308 g/mol. The summed E-state index contributed by atoms with van der Waals surface area (Å²) in [6, 6.07) is 8.56. The number of amides is 1. The number of rotatable bonds is 6. The molecule has 0 aromatic heterocycles. The molecular formula is C18H26N2O2S. The maximum atomic E-state index is 12.8. The average molecular weight is 334 g/mol. The van der Waals surface area contributed by atoms with Crippen LogP contribution in [-0.2, 0) is 16.0 Å². The quantitative estimate of drug-likeness (QED) is 0.866. The third-order valence-corrected chi connectivity index (χ3v) is 5.50. The van der Waals surface area contributed by atoms with E-state index in [0.29, 0.717) is 0 Å². The summed E-state index contributed by atoms with van der Waals surface area (Å²) in [5.74, 6) is 1.99. The van der Waals surface area contributed by atoms with E-state index in [0.717, 1.165) is 50.6 Å². The minimum absolute atomic E-state index is 0.0283. The lowest BCUT2D eigenvalue weighted by molar-refractivity contribution is -0.134. The molecule has 5 heteroatoms. The van der Waals surface area contributed by atoms with E-state index in [2.05, 4.69) is 36.5 Å². The largest absolute Gasteiger partial charge is 0.376 e. The van der Waals surface area contributed by atoms with E-state index in [1.54, 1.807) is 11.8 Å². The maximum absolute atomic E-state index is 12.8. The van der Waals surface area contributed by atoms with Crippen LogP contribution in [0.2, 0.25) is 0 Å². The Morgan fingerprint density at radius 1 is 1.39 bits per heavy atom. The van der Waals surface area contributed by atoms with E-state index in [-0.39, 0.29) is 18.1 Å². The number of aryl methyl sites for hydroxylation is 1. The van der Waals surface area contributed by atoms with Crippen LogP contribution in [0.15, 0.2) is 24.3 Å². The van der Waals surface area contributed by atoms with E-state index in [1.165, 1.54) is 11.1 Å². The van der Waals surface area contributed by atoms with Crippen molar-refractivity contribution in [3.05, 3.63) is 35.4 Å². The topological polar surface area (TPSA) is 41.6 Å². The predicted molar refractivity (Wildman–Crippen MR) is 94.7 cm³/mol. The predicted octanol–water partition coefficient (Wildman–Crippen LogP) is 2.21. The van der Waals surface area contributed by atoms with Crippen LogP contribution in [0.25, 0.3) is 0 Å². The second kappa shape index (κ2) is 8.18. The zero-order valence-electron chi connectivity index (χ0n) is 13.8. The molecule has 2 aliphatic heterocycles. The SMILES string of the molecule is Cc1ccc(CCN(C[C@H]2CCCO2)C(=O)[C@H]2CSCN2)cc1. The number of benzene rings is 1. The van der Waals surface area contributed by atoms with E-state index < -0.39 is 0 Å². The second-order valence-corrected chi connectivity index (χ2v) is 7.46. The van der Waals surface area contributed by atoms with Crippen molar-refractivity contribution in [3.8, 4) is 0 Å². The third kappa shape index (κ3) is 4.72. The van der Waals surface area contributed by atoms with E-state index in [9.17, 15) is 4.79 Å². The van der Waals surface area contributed by atoms with E-state index in [4.69, 9.17) is 4.74 Å². The van der Waals surface area contributed by atoms with Crippen LogP contribution in [0, 0.1) is 6.92 Å². The molecule has 2 saturated heterocycles. The van der Waals surface area contributed by atoms with Crippen molar-refractivity contribution < 1.29 is 9.53 Å². The summed E-state index contributed by atoms with van der Waals surface area (Å²) in [6.07, 6.45) is 3.30. The molecule has 3 rings (SSSR count). The van der Waals surface area contributed by atoms with Crippen molar-refractivity contribution in [1.29, 1.82) is 0 Å². The van der Waals surface area contributed by atoms with E-state index >= 15 is 0 Å². The van der Waals surface area contributed by atoms with Crippen LogP contribution in [-0.4, -0.2) is 54.3 Å². The van der Waals surface area contributed by atoms with Crippen molar-refractivity contribution in [2.75, 3.05) is 31.3 Å². The fourth-order valence-corrected chi connectivity index (χ4v) is 4.05. The number of nitrogens with zero attached hydrogens (tertiary/aromatic N) is 1. The molecule has 0 spiro atoms. The van der Waals surface area contributed by atoms with E-state index in [1.807, 2.05) is 4.90 Å². The van der Waals surface area contributed by atoms with Gasteiger partial charge >= 0.3 is 0 Å². The summed E-state index contributed by atoms with van der Waals surface area (Å²) < 4.78 is 5.74. The Morgan fingerprint density at radius 2 is 2.22 bits per heavy atom. The molecule has 0 unspecified atom stereocenters. The van der Waals surface area contributed by atoms with Crippen molar-refractivity contribution in [2.45, 2.75) is 38.3 Å². The standard InChI is InChI=1S/C18H26N2O2S/c1-14-4-6-15(7-5-14)8-9-20(11-16-3-2-10-22-16)18(21)17-12-23-13-19-17/h4-7,16-17,19H,2-3,8-13H2,1H3/t16-,17-/m1/s1. The molecule has 1 aromatic rings. The van der Waals surface area contributed by atoms with Gasteiger partial charge in [0.25, 0.3) is 0 Å². The number of ether oxygens (including phenoxy) is 1. The van der Waals surface area contributed by atoms with Gasteiger partial charge in [-0.15, -0.1) is 11.8 Å². The highest BCUT2D eigenvalue weighted by atomic mass is 32.2. The highest BCUT2D eigenvalue weighted by molar-refractivity contribution is 7.99. The molecule has 4 nitrogen and oxygen atoms in total. The van der Waals surface area contributed by atoms with Crippen molar-refractivity contribution >= 4 is 17.7 Å². The van der Waals surface area contributed by atoms with Crippen molar-refractivity contribution in [3.63, 3.8) is 0 Å². The zero-order chi connectivity index (χ0) is 16.1. The average Bonchev–Trinajstić information content (AvgIpc) is 3.26. The smallest absolute Gasteiger partial charge is 0.240 e. The molecule has 2 aliphatic rings. The Balaban J connectivity index is 1.61. The fourth-order valence-electron chi connectivity index (χ4n) is 3.12. The number of carbonyl (C=O) groups is 1. The Labute approximate surface area is 143 Å². The first-order chi connectivity index (χ1) is 11.2. The van der Waals surface area contributed by atoms with Crippen LogP contribution in [0.3, 0.4) is 0 Å². The van der Waals surface area contributed by atoms with Gasteiger partial charge in [0.2, 0.25) is 5.91 Å². The molecule has 1 aromatic carbocycles. The van der Waals surface area contributed by atoms with Gasteiger partial charge in [0.15, 0.2) is 0 Å². The molecule has 0 saturated carbocycles. The minimum Gasteiger partial charge on any atom is -0.376 e. The minimum atomic E-state index is -0.0283. The van der Waals surface area contributed by atoms with Gasteiger partial charge in [-0.1, -0.05) is 29.8 Å². The van der Waals surface area contributed by atoms with Gasteiger partial charge < -0.3 is 9.64 Å². The van der Waals surface area contributed by atoms with Gasteiger partial charge in [-0.25, -0.2) is 0 Å². The number of thioether (sulfide) groups is 1. The molecule has 126 valence electrons. The molecule has 23 heavy (non-hydrogen) atoms. The fraction of sp³-hybridized carbons (Fsp3) is 0.611. The van der Waals surface area contributed by atoms with Gasteiger partial charge in [-0.05, 0) is 31.7 Å². The third-order valence-electron chi connectivity index (χ3n) is 4.57. The molecule has 0 radical (unpaired) electrons. The summed E-state index contributed by atoms with van der Waals surface area (Å²) in [7, 11) is 0. The first-order valence-electron chi connectivity index (χ1n) is 8.49. The monoisotopic (exact) mass is 334 g/mol. The molecule has 0 bridgehead atoms. The van der Waals surface area contributed by atoms with Gasteiger partial charge in [-0.3, -0.25) is 10.1 Å².